The van der Waals surface area contributed by atoms with E-state index in [0.717, 1.165) is 42.9 Å². The van der Waals surface area contributed by atoms with Crippen molar-refractivity contribution in [1.29, 1.82) is 0 Å². The topological polar surface area (TPSA) is 17.8 Å². The van der Waals surface area contributed by atoms with Gasteiger partial charge in [-0.1, -0.05) is 62.2 Å². The van der Waals surface area contributed by atoms with E-state index < -0.39 is 0 Å². The Bertz CT molecular complexity index is 483. The number of rotatable bonds is 8. The van der Waals surface area contributed by atoms with Crippen LogP contribution in [-0.2, 0) is 19.4 Å². The third-order valence-electron chi connectivity index (χ3n) is 3.30. The second kappa shape index (κ2) is 8.63. The monoisotopic (exact) mass is 398 g/mol. The Kier molecular flexibility index (Phi) is 6.80. The van der Waals surface area contributed by atoms with E-state index in [1.165, 1.54) is 17.1 Å². The molecule has 0 aliphatic heterocycles. The lowest BCUT2D eigenvalue weighted by Gasteiger charge is -2.12. The molecule has 0 amide bonds. The molecule has 2 rings (SSSR count). The highest BCUT2D eigenvalue weighted by Gasteiger charge is 2.10. The van der Waals surface area contributed by atoms with E-state index in [2.05, 4.69) is 77.9 Å². The minimum Gasteiger partial charge on any atom is -0.328 e. The zero-order valence-electron chi connectivity index (χ0n) is 11.6. The summed E-state index contributed by atoms with van der Waals surface area (Å²) < 4.78 is 2.39. The molecule has 1 heterocycles. The van der Waals surface area contributed by atoms with Gasteiger partial charge in [0.25, 0.3) is 0 Å². The second-order valence-corrected chi connectivity index (χ2v) is 6.41. The highest BCUT2D eigenvalue weighted by atomic mass is 79.9. The second-order valence-electron chi connectivity index (χ2n) is 4.82. The number of aryl methyl sites for hydroxylation is 2. The summed E-state index contributed by atoms with van der Waals surface area (Å²) in [7, 11) is 0. The Hall–Kier alpha value is -0.610. The fraction of sp³-hybridized carbons (Fsp3) is 0.438. The number of alkyl halides is 2. The molecule has 0 atom stereocenters. The van der Waals surface area contributed by atoms with Gasteiger partial charge < -0.3 is 4.57 Å². The van der Waals surface area contributed by atoms with Gasteiger partial charge >= 0.3 is 0 Å². The summed E-state index contributed by atoms with van der Waals surface area (Å²) in [6, 6.07) is 10.6. The summed E-state index contributed by atoms with van der Waals surface area (Å²) in [5, 5.41) is 2.07. The molecular formula is C16H20Br2N2. The summed E-state index contributed by atoms with van der Waals surface area (Å²) >= 11 is 7.01. The van der Waals surface area contributed by atoms with Crippen molar-refractivity contribution in [2.75, 3.05) is 10.7 Å². The molecule has 0 fully saturated rings. The lowest BCUT2D eigenvalue weighted by atomic mass is 10.2. The molecule has 1 aromatic carbocycles. The molecule has 20 heavy (non-hydrogen) atoms. The molecule has 0 radical (unpaired) electrons. The predicted octanol–water partition coefficient (Wildman–Crippen LogP) is 4.59. The summed E-state index contributed by atoms with van der Waals surface area (Å²) in [6.07, 6.45) is 6.45. The van der Waals surface area contributed by atoms with Crippen LogP contribution in [0.4, 0.5) is 0 Å². The van der Waals surface area contributed by atoms with Crippen LogP contribution in [0.2, 0.25) is 0 Å². The number of hydrogen-bond donors (Lipinski definition) is 0. The maximum Gasteiger partial charge on any atom is 0.109 e. The van der Waals surface area contributed by atoms with Crippen molar-refractivity contribution in [3.8, 4) is 0 Å². The maximum atomic E-state index is 4.63. The lowest BCUT2D eigenvalue weighted by Crippen LogP contribution is -2.09. The largest absolute Gasteiger partial charge is 0.328 e. The normalized spacial score (nSPS) is 10.9. The van der Waals surface area contributed by atoms with Crippen LogP contribution in [0.5, 0.6) is 0 Å². The first kappa shape index (κ1) is 15.8. The molecule has 0 aliphatic carbocycles. The minimum absolute atomic E-state index is 0.927. The van der Waals surface area contributed by atoms with Crippen LogP contribution in [0, 0.1) is 0 Å². The first-order valence-electron chi connectivity index (χ1n) is 7.04. The average Bonchev–Trinajstić information content (AvgIpc) is 2.86. The van der Waals surface area contributed by atoms with Gasteiger partial charge in [-0.05, 0) is 24.8 Å². The summed E-state index contributed by atoms with van der Waals surface area (Å²) in [5.41, 5.74) is 2.68. The maximum absolute atomic E-state index is 4.63. The number of nitrogens with zero attached hydrogens (tertiary/aromatic N) is 2. The van der Waals surface area contributed by atoms with Crippen molar-refractivity contribution in [2.45, 2.75) is 32.2 Å². The van der Waals surface area contributed by atoms with Crippen LogP contribution in [0.3, 0.4) is 0 Å². The van der Waals surface area contributed by atoms with Crippen LogP contribution in [0.25, 0.3) is 0 Å². The molecule has 0 aliphatic rings. The van der Waals surface area contributed by atoms with Crippen LogP contribution in [0.1, 0.15) is 29.9 Å². The number of halogens is 2. The van der Waals surface area contributed by atoms with Crippen molar-refractivity contribution in [3.63, 3.8) is 0 Å². The Balaban J connectivity index is 2.18. The molecule has 0 saturated carbocycles. The highest BCUT2D eigenvalue weighted by molar-refractivity contribution is 9.09. The number of aromatic nitrogens is 2. The smallest absolute Gasteiger partial charge is 0.109 e. The van der Waals surface area contributed by atoms with Crippen molar-refractivity contribution in [3.05, 3.63) is 53.6 Å². The molecule has 2 aromatic rings. The van der Waals surface area contributed by atoms with Crippen molar-refractivity contribution in [1.82, 2.24) is 9.55 Å². The summed E-state index contributed by atoms with van der Waals surface area (Å²) in [5.74, 6) is 1.21. The Morgan fingerprint density at radius 1 is 0.950 bits per heavy atom. The van der Waals surface area contributed by atoms with Gasteiger partial charge in [-0.25, -0.2) is 4.98 Å². The molecule has 1 aromatic heterocycles. The molecule has 2 nitrogen and oxygen atoms in total. The number of hydrogen-bond acceptors (Lipinski definition) is 1. The quantitative estimate of drug-likeness (QED) is 0.593. The Morgan fingerprint density at radius 3 is 2.35 bits per heavy atom. The zero-order chi connectivity index (χ0) is 14.2. The van der Waals surface area contributed by atoms with E-state index in [1.54, 1.807) is 0 Å². The van der Waals surface area contributed by atoms with E-state index in [1.807, 2.05) is 0 Å². The van der Waals surface area contributed by atoms with E-state index >= 15 is 0 Å². The highest BCUT2D eigenvalue weighted by Crippen LogP contribution is 2.14. The first-order valence-corrected chi connectivity index (χ1v) is 9.28. The van der Waals surface area contributed by atoms with Crippen LogP contribution in [0.15, 0.2) is 36.5 Å². The standard InChI is InChI=1S/C16H20Br2N2/c17-10-4-8-15-12-19-16(9-5-11-18)20(15)13-14-6-2-1-3-7-14/h1-3,6-7,12H,4-5,8-11,13H2. The average molecular weight is 400 g/mol. The van der Waals surface area contributed by atoms with Gasteiger partial charge in [0, 0.05) is 35.5 Å². The third kappa shape index (κ3) is 4.45. The van der Waals surface area contributed by atoms with Gasteiger partial charge in [-0.15, -0.1) is 0 Å². The fourth-order valence-electron chi connectivity index (χ4n) is 2.28. The van der Waals surface area contributed by atoms with Gasteiger partial charge in [0.1, 0.15) is 5.82 Å². The summed E-state index contributed by atoms with van der Waals surface area (Å²) in [6.45, 7) is 0.927. The molecule has 4 heteroatoms. The van der Waals surface area contributed by atoms with E-state index in [0.29, 0.717) is 0 Å². The molecule has 0 saturated heterocycles. The van der Waals surface area contributed by atoms with Crippen molar-refractivity contribution < 1.29 is 0 Å². The van der Waals surface area contributed by atoms with Gasteiger partial charge in [-0.3, -0.25) is 0 Å². The van der Waals surface area contributed by atoms with Gasteiger partial charge in [0.2, 0.25) is 0 Å². The predicted molar refractivity (Wildman–Crippen MR) is 92.0 cm³/mol. The van der Waals surface area contributed by atoms with Crippen molar-refractivity contribution in [2.24, 2.45) is 0 Å². The SMILES string of the molecule is BrCCCc1cnc(CCCBr)n1Cc1ccccc1. The van der Waals surface area contributed by atoms with Gasteiger partial charge in [-0.2, -0.15) is 0 Å². The molecular weight excluding hydrogens is 380 g/mol. The van der Waals surface area contributed by atoms with Gasteiger partial charge in [0.05, 0.1) is 0 Å². The van der Waals surface area contributed by atoms with Crippen molar-refractivity contribution >= 4 is 31.9 Å². The van der Waals surface area contributed by atoms with E-state index in [-0.39, 0.29) is 0 Å². The first-order chi connectivity index (χ1) is 9.85. The van der Waals surface area contributed by atoms with Gasteiger partial charge in [0.15, 0.2) is 0 Å². The Morgan fingerprint density at radius 2 is 1.65 bits per heavy atom. The Labute approximate surface area is 137 Å². The minimum atomic E-state index is 0.927. The van der Waals surface area contributed by atoms with Crippen LogP contribution in [-0.4, -0.2) is 20.2 Å². The molecule has 0 unspecified atom stereocenters. The van der Waals surface area contributed by atoms with Crippen LogP contribution >= 0.6 is 31.9 Å². The fourth-order valence-corrected chi connectivity index (χ4v) is 2.85. The number of benzene rings is 1. The summed E-state index contributed by atoms with van der Waals surface area (Å²) in [4.78, 5) is 4.63. The molecule has 0 spiro atoms. The molecule has 108 valence electrons. The van der Waals surface area contributed by atoms with E-state index in [4.69, 9.17) is 0 Å². The van der Waals surface area contributed by atoms with Crippen LogP contribution < -0.4 is 0 Å². The lowest BCUT2D eigenvalue weighted by molar-refractivity contribution is 0.669. The number of imidazole rings is 1. The molecule has 0 N–H and O–H groups in total. The zero-order valence-corrected chi connectivity index (χ0v) is 14.7. The third-order valence-corrected chi connectivity index (χ3v) is 4.43. The van der Waals surface area contributed by atoms with E-state index in [9.17, 15) is 0 Å². The molecule has 0 bridgehead atoms.